The van der Waals surface area contributed by atoms with Gasteiger partial charge in [-0.15, -0.1) is 0 Å². The number of nitrogens with one attached hydrogen (secondary N) is 2. The zero-order valence-electron chi connectivity index (χ0n) is 10.7. The van der Waals surface area contributed by atoms with E-state index in [0.717, 1.165) is 5.32 Å². The van der Waals surface area contributed by atoms with E-state index in [-0.39, 0.29) is 0 Å². The average Bonchev–Trinajstić information content (AvgIpc) is 2.34. The van der Waals surface area contributed by atoms with E-state index in [2.05, 4.69) is 0 Å². The van der Waals surface area contributed by atoms with E-state index < -0.39 is 30.5 Å². The molecule has 0 radical (unpaired) electrons. The average molecular weight is 314 g/mol. The molecule has 0 fully saturated rings. The molecule has 1 atom stereocenters. The van der Waals surface area contributed by atoms with E-state index in [1.807, 2.05) is 5.32 Å². The molecule has 0 bridgehead atoms. The number of benzene rings is 1. The third-order valence-corrected chi connectivity index (χ3v) is 2.58. The Labute approximate surface area is 116 Å². The largest absolute Gasteiger partial charge is 0.417 e. The van der Waals surface area contributed by atoms with Gasteiger partial charge in [0.25, 0.3) is 0 Å². The molecule has 21 heavy (non-hydrogen) atoms. The highest BCUT2D eigenvalue weighted by molar-refractivity contribution is 5.75. The van der Waals surface area contributed by atoms with Crippen LogP contribution in [0.25, 0.3) is 0 Å². The third kappa shape index (κ3) is 5.16. The van der Waals surface area contributed by atoms with Crippen molar-refractivity contribution in [3.63, 3.8) is 0 Å². The Morgan fingerprint density at radius 2 is 1.43 bits per heavy atom. The first kappa shape index (κ1) is 17.1. The van der Waals surface area contributed by atoms with Crippen LogP contribution in [0.1, 0.15) is 18.5 Å². The first-order valence-corrected chi connectivity index (χ1v) is 5.77. The Kier molecular flexibility index (Phi) is 5.08. The summed E-state index contributed by atoms with van der Waals surface area (Å²) in [4.78, 5) is 11.3. The maximum Gasteiger partial charge on any atom is 0.417 e. The van der Waals surface area contributed by atoms with Gasteiger partial charge in [0.2, 0.25) is 6.04 Å². The first-order valence-electron chi connectivity index (χ1n) is 5.77. The van der Waals surface area contributed by atoms with Gasteiger partial charge in [0.15, 0.2) is 0 Å². The topological polar surface area (TPSA) is 41.1 Å². The number of urea groups is 1. The van der Waals surface area contributed by atoms with E-state index in [1.54, 1.807) is 30.3 Å². The highest BCUT2D eigenvalue weighted by atomic mass is 19.4. The lowest BCUT2D eigenvalue weighted by molar-refractivity contribution is -0.255. The van der Waals surface area contributed by atoms with Crippen LogP contribution in [0.3, 0.4) is 0 Å². The Morgan fingerprint density at radius 3 is 1.86 bits per heavy atom. The van der Waals surface area contributed by atoms with Crippen molar-refractivity contribution < 1.29 is 31.1 Å². The highest BCUT2D eigenvalue weighted by Gasteiger charge is 2.57. The van der Waals surface area contributed by atoms with Gasteiger partial charge in [-0.25, -0.2) is 4.79 Å². The van der Waals surface area contributed by atoms with Crippen molar-refractivity contribution in [1.29, 1.82) is 0 Å². The molecule has 0 aliphatic heterocycles. The van der Waals surface area contributed by atoms with Crippen molar-refractivity contribution in [2.75, 3.05) is 0 Å². The number of hydrogen-bond acceptors (Lipinski definition) is 1. The second-order valence-corrected chi connectivity index (χ2v) is 4.27. The summed E-state index contributed by atoms with van der Waals surface area (Å²) in [5.41, 5.74) is 0.545. The van der Waals surface area contributed by atoms with E-state index in [9.17, 15) is 31.1 Å². The standard InChI is InChI=1S/C12H12F6N2O/c1-7(8-5-3-2-4-6-8)19-10(21)20-9(11(13,14)15)12(16,17)18/h2-7,9H,1H3,(H2,19,20,21)/t7-/m0/s1. The molecule has 1 aromatic rings. The minimum atomic E-state index is -5.62. The number of halogens is 6. The van der Waals surface area contributed by atoms with Gasteiger partial charge >= 0.3 is 18.4 Å². The summed E-state index contributed by atoms with van der Waals surface area (Å²) >= 11 is 0. The Hall–Kier alpha value is -1.93. The predicted molar refractivity (Wildman–Crippen MR) is 62.4 cm³/mol. The first-order chi connectivity index (χ1) is 9.51. The van der Waals surface area contributed by atoms with Crippen LogP contribution in [0.15, 0.2) is 30.3 Å². The molecule has 0 saturated heterocycles. The van der Waals surface area contributed by atoms with Crippen molar-refractivity contribution in [1.82, 2.24) is 10.6 Å². The zero-order valence-corrected chi connectivity index (χ0v) is 10.7. The van der Waals surface area contributed by atoms with Crippen molar-refractivity contribution >= 4 is 6.03 Å². The lowest BCUT2D eigenvalue weighted by Crippen LogP contribution is -2.57. The lowest BCUT2D eigenvalue weighted by atomic mass is 10.1. The molecule has 0 saturated carbocycles. The quantitative estimate of drug-likeness (QED) is 0.823. The molecule has 0 aliphatic carbocycles. The van der Waals surface area contributed by atoms with Crippen LogP contribution in [0.4, 0.5) is 31.1 Å². The van der Waals surface area contributed by atoms with Gasteiger partial charge in [-0.05, 0) is 12.5 Å². The molecule has 0 spiro atoms. The van der Waals surface area contributed by atoms with Crippen LogP contribution >= 0.6 is 0 Å². The number of carbonyl (C=O) groups is 1. The molecule has 0 aromatic heterocycles. The molecule has 9 heteroatoms. The Balaban J connectivity index is 2.71. The van der Waals surface area contributed by atoms with Gasteiger partial charge in [0.05, 0.1) is 6.04 Å². The van der Waals surface area contributed by atoms with E-state index in [1.165, 1.54) is 6.92 Å². The highest BCUT2D eigenvalue weighted by Crippen LogP contribution is 2.33. The molecule has 3 nitrogen and oxygen atoms in total. The van der Waals surface area contributed by atoms with Crippen LogP contribution in [-0.2, 0) is 0 Å². The summed E-state index contributed by atoms with van der Waals surface area (Å²) in [5.74, 6) is 0. The lowest BCUT2D eigenvalue weighted by Gasteiger charge is -2.25. The van der Waals surface area contributed by atoms with Gasteiger partial charge in [-0.2, -0.15) is 26.3 Å². The van der Waals surface area contributed by atoms with Crippen LogP contribution in [-0.4, -0.2) is 24.4 Å². The number of rotatable bonds is 3. The van der Waals surface area contributed by atoms with Gasteiger partial charge in [-0.1, -0.05) is 30.3 Å². The van der Waals surface area contributed by atoms with Crippen LogP contribution < -0.4 is 10.6 Å². The summed E-state index contributed by atoms with van der Waals surface area (Å²) in [5, 5.41) is 2.92. The Morgan fingerprint density at radius 1 is 0.952 bits per heavy atom. The molecular formula is C12H12F6N2O. The van der Waals surface area contributed by atoms with E-state index >= 15 is 0 Å². The SMILES string of the molecule is C[C@H](NC(=O)NC(C(F)(F)F)C(F)(F)F)c1ccccc1. The predicted octanol–water partition coefficient (Wildman–Crippen LogP) is 3.54. The van der Waals surface area contributed by atoms with Crippen molar-refractivity contribution in [3.8, 4) is 0 Å². The summed E-state index contributed by atoms with van der Waals surface area (Å²) in [6.45, 7) is 1.44. The normalized spacial score (nSPS) is 13.9. The maximum atomic E-state index is 12.3. The molecule has 0 unspecified atom stereocenters. The molecule has 2 amide bonds. The van der Waals surface area contributed by atoms with E-state index in [0.29, 0.717) is 5.56 Å². The monoisotopic (exact) mass is 314 g/mol. The van der Waals surface area contributed by atoms with Crippen LogP contribution in [0.5, 0.6) is 0 Å². The fourth-order valence-corrected chi connectivity index (χ4v) is 1.54. The van der Waals surface area contributed by atoms with Crippen molar-refractivity contribution in [3.05, 3.63) is 35.9 Å². The summed E-state index contributed by atoms with van der Waals surface area (Å²) < 4.78 is 73.6. The maximum absolute atomic E-state index is 12.3. The van der Waals surface area contributed by atoms with Crippen LogP contribution in [0, 0.1) is 0 Å². The smallest absolute Gasteiger partial charge is 0.332 e. The summed E-state index contributed by atoms with van der Waals surface area (Å²) in [6, 6.07) is 1.89. The molecule has 2 N–H and O–H groups in total. The van der Waals surface area contributed by atoms with Crippen molar-refractivity contribution in [2.45, 2.75) is 31.4 Å². The minimum Gasteiger partial charge on any atom is -0.332 e. The van der Waals surface area contributed by atoms with E-state index in [4.69, 9.17) is 0 Å². The second kappa shape index (κ2) is 6.23. The third-order valence-electron chi connectivity index (χ3n) is 2.58. The van der Waals surface area contributed by atoms with Gasteiger partial charge in [0, 0.05) is 0 Å². The molecular weight excluding hydrogens is 302 g/mol. The number of amides is 2. The summed E-state index contributed by atoms with van der Waals surface area (Å²) in [6.07, 6.45) is -11.2. The zero-order chi connectivity index (χ0) is 16.3. The van der Waals surface area contributed by atoms with Crippen molar-refractivity contribution in [2.24, 2.45) is 0 Å². The fraction of sp³-hybridized carbons (Fsp3) is 0.417. The second-order valence-electron chi connectivity index (χ2n) is 4.27. The van der Waals surface area contributed by atoms with Crippen LogP contribution in [0.2, 0.25) is 0 Å². The molecule has 1 aromatic carbocycles. The Bertz CT molecular complexity index is 457. The summed E-state index contributed by atoms with van der Waals surface area (Å²) in [7, 11) is 0. The minimum absolute atomic E-state index is 0.545. The fourth-order valence-electron chi connectivity index (χ4n) is 1.54. The number of hydrogen-bond donors (Lipinski definition) is 2. The molecule has 0 heterocycles. The number of alkyl halides is 6. The van der Waals surface area contributed by atoms with Gasteiger partial charge < -0.3 is 10.6 Å². The number of carbonyl (C=O) groups excluding carboxylic acids is 1. The molecule has 1 rings (SSSR count). The van der Waals surface area contributed by atoms with Gasteiger partial charge in [0.1, 0.15) is 0 Å². The molecule has 0 aliphatic rings. The van der Waals surface area contributed by atoms with Gasteiger partial charge in [-0.3, -0.25) is 0 Å². The molecule has 118 valence electrons.